The van der Waals surface area contributed by atoms with E-state index in [1.54, 1.807) is 6.20 Å². The maximum absolute atomic E-state index is 12.5. The van der Waals surface area contributed by atoms with Gasteiger partial charge in [0.2, 0.25) is 5.91 Å². The number of anilines is 1. The van der Waals surface area contributed by atoms with E-state index >= 15 is 0 Å². The van der Waals surface area contributed by atoms with Crippen molar-refractivity contribution in [1.29, 1.82) is 0 Å². The predicted octanol–water partition coefficient (Wildman–Crippen LogP) is 3.72. The molecule has 1 amide bonds. The fraction of sp³-hybridized carbons (Fsp3) is 0.227. The Balaban J connectivity index is 1.48. The number of thiocarbonyl (C=S) groups is 1. The number of aromatic nitrogens is 2. The van der Waals surface area contributed by atoms with Gasteiger partial charge >= 0.3 is 0 Å². The first-order valence-corrected chi connectivity index (χ1v) is 10.0. The number of hydrogen-bond donors (Lipinski definition) is 3. The number of rotatable bonds is 6. The van der Waals surface area contributed by atoms with Gasteiger partial charge in [-0.1, -0.05) is 23.8 Å². The summed E-state index contributed by atoms with van der Waals surface area (Å²) in [6, 6.07) is 17.5. The molecule has 6 nitrogen and oxygen atoms in total. The molecule has 1 aliphatic heterocycles. The summed E-state index contributed by atoms with van der Waals surface area (Å²) in [4.78, 5) is 22.3. The Kier molecular flexibility index (Phi) is 5.57. The van der Waals surface area contributed by atoms with Crippen molar-refractivity contribution in [3.05, 3.63) is 83.9 Å². The number of pyridine rings is 1. The molecule has 3 N–H and O–H groups in total. The van der Waals surface area contributed by atoms with Gasteiger partial charge in [-0.3, -0.25) is 9.78 Å². The second kappa shape index (κ2) is 8.45. The highest BCUT2D eigenvalue weighted by atomic mass is 32.1. The first-order chi connectivity index (χ1) is 14.1. The van der Waals surface area contributed by atoms with Crippen molar-refractivity contribution in [2.75, 3.05) is 11.9 Å². The Morgan fingerprint density at radius 1 is 1.17 bits per heavy atom. The van der Waals surface area contributed by atoms with Crippen LogP contribution in [-0.4, -0.2) is 32.4 Å². The first kappa shape index (κ1) is 19.1. The van der Waals surface area contributed by atoms with E-state index in [4.69, 9.17) is 12.2 Å². The van der Waals surface area contributed by atoms with Crippen molar-refractivity contribution in [1.82, 2.24) is 20.2 Å². The molecule has 1 aliphatic rings. The van der Waals surface area contributed by atoms with E-state index in [0.717, 1.165) is 22.6 Å². The molecule has 1 fully saturated rings. The minimum Gasteiger partial charge on any atom is -0.363 e. The molecule has 0 spiro atoms. The van der Waals surface area contributed by atoms with E-state index in [9.17, 15) is 4.79 Å². The molecule has 29 heavy (non-hydrogen) atoms. The van der Waals surface area contributed by atoms with Crippen LogP contribution < -0.4 is 10.6 Å². The first-order valence-electron chi connectivity index (χ1n) is 9.60. The molecule has 148 valence electrons. The van der Waals surface area contributed by atoms with Crippen LogP contribution in [0.5, 0.6) is 0 Å². The van der Waals surface area contributed by atoms with E-state index in [2.05, 4.69) is 25.5 Å². The fourth-order valence-corrected chi connectivity index (χ4v) is 3.93. The number of aromatic amines is 1. The molecule has 3 aromatic rings. The monoisotopic (exact) mass is 405 g/mol. The van der Waals surface area contributed by atoms with Crippen molar-refractivity contribution in [3.8, 4) is 0 Å². The highest BCUT2D eigenvalue weighted by molar-refractivity contribution is 7.80. The Labute approximate surface area is 175 Å². The third-order valence-electron chi connectivity index (χ3n) is 5.05. The summed E-state index contributed by atoms with van der Waals surface area (Å²) >= 11 is 5.61. The summed E-state index contributed by atoms with van der Waals surface area (Å²) in [6.45, 7) is 2.53. The van der Waals surface area contributed by atoms with E-state index < -0.39 is 0 Å². The van der Waals surface area contributed by atoms with Crippen LogP contribution in [0.2, 0.25) is 0 Å². The van der Waals surface area contributed by atoms with Crippen LogP contribution in [0, 0.1) is 6.92 Å². The number of carbonyl (C=O) groups is 1. The third-order valence-corrected chi connectivity index (χ3v) is 5.41. The van der Waals surface area contributed by atoms with Gasteiger partial charge in [-0.05, 0) is 55.5 Å². The minimum atomic E-state index is -0.0810. The molecule has 0 bridgehead atoms. The smallest absolute Gasteiger partial charge is 0.226 e. The summed E-state index contributed by atoms with van der Waals surface area (Å²) in [5, 5.41) is 6.96. The van der Waals surface area contributed by atoms with Gasteiger partial charge in [0.15, 0.2) is 5.11 Å². The Bertz CT molecular complexity index is 972. The maximum Gasteiger partial charge on any atom is 0.226 e. The summed E-state index contributed by atoms with van der Waals surface area (Å²) in [6.07, 6.45) is 4.01. The molecule has 0 aliphatic carbocycles. The number of nitrogens with zero attached hydrogens (tertiary/aromatic N) is 2. The second-order valence-electron chi connectivity index (χ2n) is 7.11. The van der Waals surface area contributed by atoms with E-state index in [1.165, 1.54) is 0 Å². The van der Waals surface area contributed by atoms with Crippen molar-refractivity contribution < 1.29 is 4.79 Å². The number of hydrogen-bond acceptors (Lipinski definition) is 3. The van der Waals surface area contributed by atoms with Gasteiger partial charge in [0.25, 0.3) is 0 Å². The molecule has 2 aromatic heterocycles. The van der Waals surface area contributed by atoms with Crippen LogP contribution in [0.25, 0.3) is 0 Å². The Hall–Kier alpha value is -3.19. The predicted molar refractivity (Wildman–Crippen MR) is 117 cm³/mol. The zero-order valence-corrected chi connectivity index (χ0v) is 16.9. The molecule has 7 heteroatoms. The summed E-state index contributed by atoms with van der Waals surface area (Å²) in [7, 11) is 0. The van der Waals surface area contributed by atoms with Crippen molar-refractivity contribution in [3.63, 3.8) is 0 Å². The quantitative estimate of drug-likeness (QED) is 0.545. The SMILES string of the molecule is Cc1ccc(NC(=O)CCN2C(=S)N[C@@H](c3ccccn3)[C@H]2c2ccc[nH]2)cc1. The van der Waals surface area contributed by atoms with Crippen LogP contribution >= 0.6 is 12.2 Å². The average molecular weight is 406 g/mol. The van der Waals surface area contributed by atoms with Gasteiger partial charge in [0.05, 0.1) is 17.8 Å². The van der Waals surface area contributed by atoms with Crippen LogP contribution in [0.4, 0.5) is 5.69 Å². The highest BCUT2D eigenvalue weighted by Crippen LogP contribution is 2.37. The molecule has 1 saturated heterocycles. The fourth-order valence-electron chi connectivity index (χ4n) is 3.60. The average Bonchev–Trinajstić information content (AvgIpc) is 3.36. The number of benzene rings is 1. The number of amides is 1. The van der Waals surface area contributed by atoms with Crippen molar-refractivity contribution >= 4 is 28.9 Å². The number of nitrogens with one attached hydrogen (secondary N) is 3. The standard InChI is InChI=1S/C22H23N5OS/c1-15-7-9-16(10-8-15)25-19(28)11-14-27-21(18-6-4-13-24-18)20(26-22(27)29)17-5-2-3-12-23-17/h2-10,12-13,20-21,24H,11,14H2,1H3,(H,25,28)(H,26,29)/t20-,21+/m0/s1. The van der Waals surface area contributed by atoms with Crippen LogP contribution in [0.1, 0.15) is 35.5 Å². The zero-order valence-electron chi connectivity index (χ0n) is 16.1. The van der Waals surface area contributed by atoms with Crippen LogP contribution in [0.3, 0.4) is 0 Å². The molecular formula is C22H23N5OS. The van der Waals surface area contributed by atoms with Gasteiger partial charge in [0, 0.05) is 36.7 Å². The molecule has 0 saturated carbocycles. The van der Waals surface area contributed by atoms with Crippen molar-refractivity contribution in [2.45, 2.75) is 25.4 Å². The van der Waals surface area contributed by atoms with Crippen molar-refractivity contribution in [2.24, 2.45) is 0 Å². The van der Waals surface area contributed by atoms with Crippen LogP contribution in [0.15, 0.2) is 67.0 Å². The lowest BCUT2D eigenvalue weighted by Crippen LogP contribution is -2.32. The number of carbonyl (C=O) groups excluding carboxylic acids is 1. The molecule has 1 aromatic carbocycles. The maximum atomic E-state index is 12.5. The lowest BCUT2D eigenvalue weighted by Gasteiger charge is -2.26. The molecule has 0 unspecified atom stereocenters. The third kappa shape index (κ3) is 4.30. The normalized spacial score (nSPS) is 18.5. The van der Waals surface area contributed by atoms with Gasteiger partial charge in [-0.2, -0.15) is 0 Å². The largest absolute Gasteiger partial charge is 0.363 e. The topological polar surface area (TPSA) is 73.1 Å². The summed E-state index contributed by atoms with van der Waals surface area (Å²) in [5.74, 6) is -0.0387. The van der Waals surface area contributed by atoms with Gasteiger partial charge in [-0.15, -0.1) is 0 Å². The lowest BCUT2D eigenvalue weighted by molar-refractivity contribution is -0.116. The molecule has 2 atom stereocenters. The molecule has 3 heterocycles. The van der Waals surface area contributed by atoms with E-state index in [-0.39, 0.29) is 18.0 Å². The van der Waals surface area contributed by atoms with Crippen LogP contribution in [-0.2, 0) is 4.79 Å². The van der Waals surface area contributed by atoms with E-state index in [0.29, 0.717) is 18.1 Å². The summed E-state index contributed by atoms with van der Waals surface area (Å²) in [5.41, 5.74) is 3.91. The highest BCUT2D eigenvalue weighted by Gasteiger charge is 2.40. The molecule has 4 rings (SSSR count). The molecular weight excluding hydrogens is 382 g/mol. The molecule has 0 radical (unpaired) electrons. The van der Waals surface area contributed by atoms with Gasteiger partial charge < -0.3 is 20.5 Å². The Morgan fingerprint density at radius 3 is 2.69 bits per heavy atom. The number of H-pyrrole nitrogens is 1. The zero-order chi connectivity index (χ0) is 20.2. The second-order valence-corrected chi connectivity index (χ2v) is 7.50. The Morgan fingerprint density at radius 2 is 2.00 bits per heavy atom. The summed E-state index contributed by atoms with van der Waals surface area (Å²) < 4.78 is 0. The van der Waals surface area contributed by atoms with Gasteiger partial charge in [0.1, 0.15) is 0 Å². The van der Waals surface area contributed by atoms with E-state index in [1.807, 2.05) is 67.7 Å². The number of aryl methyl sites for hydroxylation is 1. The van der Waals surface area contributed by atoms with Gasteiger partial charge in [-0.25, -0.2) is 0 Å². The lowest BCUT2D eigenvalue weighted by atomic mass is 10.0. The minimum absolute atomic E-state index is 0.0387.